The van der Waals surface area contributed by atoms with Crippen molar-refractivity contribution >= 4 is 29.1 Å². The normalized spacial score (nSPS) is 22.6. The van der Waals surface area contributed by atoms with Gasteiger partial charge in [0.25, 0.3) is 0 Å². The first-order chi connectivity index (χ1) is 15.2. The fraction of sp³-hybridized carbons (Fsp3) is 0.391. The quantitative estimate of drug-likeness (QED) is 0.735. The van der Waals surface area contributed by atoms with E-state index in [1.165, 1.54) is 0 Å². The Kier molecular flexibility index (Phi) is 5.80. The van der Waals surface area contributed by atoms with E-state index in [1.807, 2.05) is 36.4 Å². The lowest BCUT2D eigenvalue weighted by Gasteiger charge is -2.35. The van der Waals surface area contributed by atoms with E-state index in [9.17, 15) is 4.79 Å². The molecule has 2 aromatic carbocycles. The number of hydrogen-bond acceptors (Lipinski definition) is 7. The molecule has 2 aromatic rings. The van der Waals surface area contributed by atoms with Gasteiger partial charge in [-0.05, 0) is 30.3 Å². The van der Waals surface area contributed by atoms with E-state index in [0.29, 0.717) is 42.6 Å². The molecular formula is C23H24ClN3O4. The molecule has 3 heterocycles. The highest BCUT2D eigenvalue weighted by molar-refractivity contribution is 6.31. The second kappa shape index (κ2) is 8.86. The lowest BCUT2D eigenvalue weighted by atomic mass is 10.1. The number of nitrogens with one attached hydrogen (secondary N) is 1. The van der Waals surface area contributed by atoms with Crippen LogP contribution in [0, 0.1) is 0 Å². The predicted octanol–water partition coefficient (Wildman–Crippen LogP) is 3.52. The molecule has 3 aliphatic heterocycles. The smallest absolute Gasteiger partial charge is 0.307 e. The second-order valence-corrected chi connectivity index (χ2v) is 8.36. The average Bonchev–Trinajstić information content (AvgIpc) is 3.21. The Labute approximate surface area is 185 Å². The van der Waals surface area contributed by atoms with Crippen LogP contribution >= 0.6 is 11.6 Å². The number of benzene rings is 2. The lowest BCUT2D eigenvalue weighted by molar-refractivity contribution is -0.149. The number of carbonyl (C=O) groups is 1. The van der Waals surface area contributed by atoms with E-state index in [2.05, 4.69) is 10.2 Å². The van der Waals surface area contributed by atoms with Gasteiger partial charge in [-0.25, -0.2) is 4.99 Å². The molecule has 8 heteroatoms. The van der Waals surface area contributed by atoms with E-state index < -0.39 is 0 Å². The number of fused-ring (bicyclic) bond motifs is 2. The number of rotatable bonds is 3. The summed E-state index contributed by atoms with van der Waals surface area (Å²) in [6.07, 6.45) is 0.954. The number of nitrogens with zero attached hydrogens (tertiary/aromatic N) is 2. The standard InChI is InChI=1S/C23H24ClN3O4/c24-15-5-6-21-19(11-15)26-23(18-3-1-2-4-20(18)31-21)27-9-8-25-16(13-27)12-22(28)30-17-7-10-29-14-17/h1-6,11,16-17,25H,7-10,12-14H2/t16-,17-/m0/s1. The van der Waals surface area contributed by atoms with E-state index >= 15 is 0 Å². The number of halogens is 1. The number of piperazine rings is 1. The van der Waals surface area contributed by atoms with Gasteiger partial charge in [0.15, 0.2) is 5.75 Å². The van der Waals surface area contributed by atoms with Gasteiger partial charge in [-0.2, -0.15) is 0 Å². The highest BCUT2D eigenvalue weighted by atomic mass is 35.5. The van der Waals surface area contributed by atoms with Gasteiger partial charge in [0.05, 0.1) is 25.2 Å². The third-order valence-corrected chi connectivity index (χ3v) is 5.88. The molecule has 2 saturated heterocycles. The molecule has 0 aromatic heterocycles. The van der Waals surface area contributed by atoms with Crippen LogP contribution in [0.25, 0.3) is 0 Å². The van der Waals surface area contributed by atoms with Crippen LogP contribution in [0.15, 0.2) is 47.5 Å². The first-order valence-corrected chi connectivity index (χ1v) is 10.9. The van der Waals surface area contributed by atoms with Crippen molar-refractivity contribution in [2.75, 3.05) is 32.8 Å². The topological polar surface area (TPSA) is 72.4 Å². The molecule has 0 unspecified atom stereocenters. The minimum atomic E-state index is -0.196. The zero-order valence-electron chi connectivity index (χ0n) is 17.1. The summed E-state index contributed by atoms with van der Waals surface area (Å²) >= 11 is 6.22. The van der Waals surface area contributed by atoms with Crippen molar-refractivity contribution in [2.24, 2.45) is 4.99 Å². The summed E-state index contributed by atoms with van der Waals surface area (Å²) in [5.41, 5.74) is 1.61. The van der Waals surface area contributed by atoms with E-state index in [1.54, 1.807) is 6.07 Å². The summed E-state index contributed by atoms with van der Waals surface area (Å²) in [6, 6.07) is 13.3. The van der Waals surface area contributed by atoms with E-state index in [4.69, 9.17) is 30.8 Å². The zero-order valence-corrected chi connectivity index (χ0v) is 17.8. The maximum absolute atomic E-state index is 12.4. The molecular weight excluding hydrogens is 418 g/mol. The Balaban J connectivity index is 1.38. The van der Waals surface area contributed by atoms with Crippen molar-refractivity contribution in [3.05, 3.63) is 53.1 Å². The van der Waals surface area contributed by atoms with Crippen molar-refractivity contribution in [2.45, 2.75) is 25.0 Å². The molecule has 0 saturated carbocycles. The molecule has 0 aliphatic carbocycles. The highest BCUT2D eigenvalue weighted by Crippen LogP contribution is 2.39. The summed E-state index contributed by atoms with van der Waals surface area (Å²) in [5.74, 6) is 2.04. The second-order valence-electron chi connectivity index (χ2n) is 7.92. The van der Waals surface area contributed by atoms with Crippen LogP contribution in [-0.4, -0.2) is 61.7 Å². The van der Waals surface area contributed by atoms with Gasteiger partial charge in [0, 0.05) is 37.1 Å². The molecule has 3 aliphatic rings. The summed E-state index contributed by atoms with van der Waals surface area (Å²) in [7, 11) is 0. The van der Waals surface area contributed by atoms with Gasteiger partial charge in [-0.3, -0.25) is 4.79 Å². The largest absolute Gasteiger partial charge is 0.460 e. The first-order valence-electron chi connectivity index (χ1n) is 10.6. The van der Waals surface area contributed by atoms with Crippen molar-refractivity contribution < 1.29 is 19.0 Å². The van der Waals surface area contributed by atoms with Crippen LogP contribution in [0.1, 0.15) is 18.4 Å². The van der Waals surface area contributed by atoms with Crippen LogP contribution in [0.4, 0.5) is 5.69 Å². The van der Waals surface area contributed by atoms with Crippen molar-refractivity contribution in [3.63, 3.8) is 0 Å². The third-order valence-electron chi connectivity index (χ3n) is 5.65. The number of ether oxygens (including phenoxy) is 3. The number of esters is 1. The molecule has 1 N–H and O–H groups in total. The number of aliphatic imine (C=N–C) groups is 1. The maximum Gasteiger partial charge on any atom is 0.307 e. The minimum absolute atomic E-state index is 0.0264. The van der Waals surface area contributed by atoms with Crippen LogP contribution in [0.2, 0.25) is 5.02 Å². The van der Waals surface area contributed by atoms with Gasteiger partial charge >= 0.3 is 5.97 Å². The number of amidine groups is 1. The van der Waals surface area contributed by atoms with Gasteiger partial charge in [-0.1, -0.05) is 23.7 Å². The van der Waals surface area contributed by atoms with E-state index in [0.717, 1.165) is 36.7 Å². The number of carbonyl (C=O) groups excluding carboxylic acids is 1. The van der Waals surface area contributed by atoms with Crippen LogP contribution < -0.4 is 10.1 Å². The third kappa shape index (κ3) is 4.54. The van der Waals surface area contributed by atoms with Crippen molar-refractivity contribution in [3.8, 4) is 11.5 Å². The molecule has 0 bridgehead atoms. The summed E-state index contributed by atoms with van der Waals surface area (Å²) in [6.45, 7) is 3.30. The Bertz CT molecular complexity index is 1010. The Morgan fingerprint density at radius 3 is 3.03 bits per heavy atom. The monoisotopic (exact) mass is 441 g/mol. The Hall–Kier alpha value is -2.61. The number of hydrogen-bond donors (Lipinski definition) is 1. The molecule has 162 valence electrons. The van der Waals surface area contributed by atoms with Crippen LogP contribution in [0.3, 0.4) is 0 Å². The summed E-state index contributed by atoms with van der Waals surface area (Å²) in [5, 5.41) is 4.04. The fourth-order valence-electron chi connectivity index (χ4n) is 4.13. The summed E-state index contributed by atoms with van der Waals surface area (Å²) in [4.78, 5) is 19.5. The molecule has 5 rings (SSSR count). The van der Waals surface area contributed by atoms with Crippen LogP contribution in [0.5, 0.6) is 11.5 Å². The molecule has 7 nitrogen and oxygen atoms in total. The highest BCUT2D eigenvalue weighted by Gasteiger charge is 2.29. The van der Waals surface area contributed by atoms with Gasteiger partial charge in [0.2, 0.25) is 0 Å². The van der Waals surface area contributed by atoms with Gasteiger partial charge in [0.1, 0.15) is 23.4 Å². The predicted molar refractivity (Wildman–Crippen MR) is 117 cm³/mol. The lowest BCUT2D eigenvalue weighted by Crippen LogP contribution is -2.53. The number of para-hydroxylation sites is 1. The minimum Gasteiger partial charge on any atom is -0.460 e. The molecule has 0 spiro atoms. The average molecular weight is 442 g/mol. The van der Waals surface area contributed by atoms with Crippen molar-refractivity contribution in [1.82, 2.24) is 10.2 Å². The van der Waals surface area contributed by atoms with Gasteiger partial charge in [-0.15, -0.1) is 0 Å². The maximum atomic E-state index is 12.4. The fourth-order valence-corrected chi connectivity index (χ4v) is 4.30. The molecule has 0 radical (unpaired) electrons. The molecule has 2 atom stereocenters. The summed E-state index contributed by atoms with van der Waals surface area (Å²) < 4.78 is 17.0. The zero-order chi connectivity index (χ0) is 21.2. The van der Waals surface area contributed by atoms with Crippen molar-refractivity contribution in [1.29, 1.82) is 0 Å². The first kappa shape index (κ1) is 20.3. The van der Waals surface area contributed by atoms with Crippen LogP contribution in [-0.2, 0) is 14.3 Å². The Morgan fingerprint density at radius 2 is 2.16 bits per heavy atom. The molecule has 2 fully saturated rings. The van der Waals surface area contributed by atoms with E-state index in [-0.39, 0.29) is 18.1 Å². The van der Waals surface area contributed by atoms with Gasteiger partial charge < -0.3 is 24.4 Å². The Morgan fingerprint density at radius 1 is 1.26 bits per heavy atom. The molecule has 0 amide bonds. The SMILES string of the molecule is O=C(C[C@H]1CN(C2=Nc3cc(Cl)ccc3Oc3ccccc32)CCN1)O[C@H]1CCOC1. The molecule has 31 heavy (non-hydrogen) atoms.